The molecule has 0 spiro atoms. The van der Waals surface area contributed by atoms with Gasteiger partial charge < -0.3 is 5.32 Å². The van der Waals surface area contributed by atoms with Crippen molar-refractivity contribution in [3.63, 3.8) is 0 Å². The molecule has 0 aliphatic heterocycles. The van der Waals surface area contributed by atoms with Gasteiger partial charge in [0.1, 0.15) is 0 Å². The van der Waals surface area contributed by atoms with Crippen molar-refractivity contribution >= 4 is 22.9 Å². The second-order valence-corrected chi connectivity index (χ2v) is 5.30. The molecule has 1 aromatic rings. The average molecular weight is 216 g/mol. The van der Waals surface area contributed by atoms with Crippen LogP contribution in [0.3, 0.4) is 0 Å². The fourth-order valence-electron chi connectivity index (χ4n) is 2.06. The highest BCUT2D eigenvalue weighted by Crippen LogP contribution is 2.39. The summed E-state index contributed by atoms with van der Waals surface area (Å²) in [5.41, 5.74) is 1.49. The molecule has 0 saturated heterocycles. The van der Waals surface area contributed by atoms with Gasteiger partial charge in [-0.05, 0) is 37.9 Å². The van der Waals surface area contributed by atoms with Gasteiger partial charge in [-0.2, -0.15) is 0 Å². The summed E-state index contributed by atoms with van der Waals surface area (Å²) in [7, 11) is 2.02. The van der Waals surface area contributed by atoms with Crippen LogP contribution in [0.5, 0.6) is 0 Å². The molecular weight excluding hydrogens is 202 g/mol. The molecule has 1 heterocycles. The van der Waals surface area contributed by atoms with Gasteiger partial charge >= 0.3 is 0 Å². The molecule has 0 amide bonds. The fourth-order valence-corrected chi connectivity index (χ4v) is 3.51. The Morgan fingerprint density at radius 1 is 1.69 bits per heavy atom. The highest BCUT2D eigenvalue weighted by Gasteiger charge is 2.21. The van der Waals surface area contributed by atoms with Crippen molar-refractivity contribution in [1.29, 1.82) is 0 Å². The van der Waals surface area contributed by atoms with Gasteiger partial charge in [0, 0.05) is 17.3 Å². The first kappa shape index (κ1) is 9.50. The summed E-state index contributed by atoms with van der Waals surface area (Å²) < 4.78 is 0.952. The lowest BCUT2D eigenvalue weighted by molar-refractivity contribution is 0.538. The molecule has 1 nitrogen and oxygen atoms in total. The molecule has 1 N–H and O–H groups in total. The van der Waals surface area contributed by atoms with Crippen LogP contribution in [0, 0.1) is 0 Å². The van der Waals surface area contributed by atoms with Crippen molar-refractivity contribution in [1.82, 2.24) is 5.32 Å². The third-order valence-corrected chi connectivity index (χ3v) is 4.10. The molecule has 2 rings (SSSR count). The lowest BCUT2D eigenvalue weighted by Gasteiger charge is -2.21. The van der Waals surface area contributed by atoms with Crippen LogP contribution < -0.4 is 5.32 Å². The zero-order valence-corrected chi connectivity index (χ0v) is 9.34. The monoisotopic (exact) mass is 215 g/mol. The Bertz CT molecular complexity index is 295. The van der Waals surface area contributed by atoms with E-state index in [-0.39, 0.29) is 0 Å². The SMILES string of the molecule is CNCC1CCCc2cc(Cl)sc21. The minimum Gasteiger partial charge on any atom is -0.319 e. The van der Waals surface area contributed by atoms with Gasteiger partial charge in [0.15, 0.2) is 0 Å². The van der Waals surface area contributed by atoms with Crippen LogP contribution in [-0.2, 0) is 6.42 Å². The molecule has 0 fully saturated rings. The van der Waals surface area contributed by atoms with E-state index in [1.165, 1.54) is 29.7 Å². The number of nitrogens with one attached hydrogen (secondary N) is 1. The largest absolute Gasteiger partial charge is 0.319 e. The smallest absolute Gasteiger partial charge is 0.0934 e. The van der Waals surface area contributed by atoms with Gasteiger partial charge in [-0.3, -0.25) is 0 Å². The minimum absolute atomic E-state index is 0.700. The molecule has 1 unspecified atom stereocenters. The summed E-state index contributed by atoms with van der Waals surface area (Å²) in [5.74, 6) is 0.700. The highest BCUT2D eigenvalue weighted by atomic mass is 35.5. The van der Waals surface area contributed by atoms with Crippen LogP contribution in [-0.4, -0.2) is 13.6 Å². The number of rotatable bonds is 2. The number of hydrogen-bond donors (Lipinski definition) is 1. The first-order chi connectivity index (χ1) is 6.31. The zero-order valence-electron chi connectivity index (χ0n) is 7.77. The van der Waals surface area contributed by atoms with E-state index in [1.54, 1.807) is 11.3 Å². The normalized spacial score (nSPS) is 21.5. The van der Waals surface area contributed by atoms with E-state index in [9.17, 15) is 0 Å². The molecule has 0 radical (unpaired) electrons. The third kappa shape index (κ3) is 1.90. The van der Waals surface area contributed by atoms with Gasteiger partial charge in [-0.25, -0.2) is 0 Å². The maximum Gasteiger partial charge on any atom is 0.0934 e. The van der Waals surface area contributed by atoms with E-state index in [0.717, 1.165) is 10.9 Å². The highest BCUT2D eigenvalue weighted by molar-refractivity contribution is 7.16. The molecule has 1 atom stereocenters. The van der Waals surface area contributed by atoms with Crippen LogP contribution in [0.4, 0.5) is 0 Å². The van der Waals surface area contributed by atoms with Gasteiger partial charge in [-0.1, -0.05) is 11.6 Å². The Morgan fingerprint density at radius 3 is 3.31 bits per heavy atom. The number of halogens is 1. The molecular formula is C10H14ClNS. The molecule has 1 aromatic heterocycles. The van der Waals surface area contributed by atoms with E-state index in [2.05, 4.69) is 11.4 Å². The average Bonchev–Trinajstić information content (AvgIpc) is 2.47. The summed E-state index contributed by atoms with van der Waals surface area (Å²) in [6.07, 6.45) is 3.84. The maximum atomic E-state index is 6.01. The van der Waals surface area contributed by atoms with Crippen molar-refractivity contribution in [2.45, 2.75) is 25.2 Å². The van der Waals surface area contributed by atoms with Crippen molar-refractivity contribution in [3.8, 4) is 0 Å². The molecule has 0 bridgehead atoms. The first-order valence-corrected chi connectivity index (χ1v) is 5.93. The standard InChI is InChI=1S/C10H14ClNS/c1-12-6-8-4-2-3-7-5-9(11)13-10(7)8/h5,8,12H,2-4,6H2,1H3. The Balaban J connectivity index is 2.25. The Hall–Kier alpha value is -0.0500. The van der Waals surface area contributed by atoms with Crippen LogP contribution >= 0.6 is 22.9 Å². The van der Waals surface area contributed by atoms with Crippen LogP contribution in [0.2, 0.25) is 4.34 Å². The molecule has 13 heavy (non-hydrogen) atoms. The molecule has 0 aromatic carbocycles. The number of hydrogen-bond acceptors (Lipinski definition) is 2. The van der Waals surface area contributed by atoms with E-state index in [0.29, 0.717) is 5.92 Å². The molecule has 1 aliphatic carbocycles. The van der Waals surface area contributed by atoms with Crippen LogP contribution in [0.1, 0.15) is 29.2 Å². The van der Waals surface area contributed by atoms with E-state index in [1.807, 2.05) is 7.05 Å². The van der Waals surface area contributed by atoms with Crippen molar-refractivity contribution in [3.05, 3.63) is 20.8 Å². The summed E-state index contributed by atoms with van der Waals surface area (Å²) in [6.45, 7) is 1.09. The van der Waals surface area contributed by atoms with Gasteiger partial charge in [0.25, 0.3) is 0 Å². The summed E-state index contributed by atoms with van der Waals surface area (Å²) >= 11 is 7.78. The quantitative estimate of drug-likeness (QED) is 0.800. The number of fused-ring (bicyclic) bond motifs is 1. The molecule has 1 aliphatic rings. The number of thiophene rings is 1. The maximum absolute atomic E-state index is 6.01. The number of likely N-dealkylation sites (N-methyl/N-ethyl adjacent to an activating group) is 1. The summed E-state index contributed by atoms with van der Waals surface area (Å²) in [6, 6.07) is 2.14. The van der Waals surface area contributed by atoms with Gasteiger partial charge in [0.2, 0.25) is 0 Å². The van der Waals surface area contributed by atoms with E-state index < -0.39 is 0 Å². The summed E-state index contributed by atoms with van der Waals surface area (Å²) in [4.78, 5) is 1.52. The first-order valence-electron chi connectivity index (χ1n) is 4.74. The van der Waals surface area contributed by atoms with Gasteiger partial charge in [-0.15, -0.1) is 11.3 Å². The molecule has 72 valence electrons. The summed E-state index contributed by atoms with van der Waals surface area (Å²) in [5, 5.41) is 3.25. The van der Waals surface area contributed by atoms with Crippen molar-refractivity contribution in [2.24, 2.45) is 0 Å². The number of aryl methyl sites for hydroxylation is 1. The second-order valence-electron chi connectivity index (χ2n) is 3.59. The van der Waals surface area contributed by atoms with Gasteiger partial charge in [0.05, 0.1) is 4.34 Å². The third-order valence-electron chi connectivity index (χ3n) is 2.63. The van der Waals surface area contributed by atoms with Crippen LogP contribution in [0.15, 0.2) is 6.07 Å². The zero-order chi connectivity index (χ0) is 9.26. The minimum atomic E-state index is 0.700. The lowest BCUT2D eigenvalue weighted by atomic mass is 9.89. The van der Waals surface area contributed by atoms with Crippen molar-refractivity contribution in [2.75, 3.05) is 13.6 Å². The molecule has 0 saturated carbocycles. The van der Waals surface area contributed by atoms with E-state index in [4.69, 9.17) is 11.6 Å². The Kier molecular flexibility index (Phi) is 2.92. The van der Waals surface area contributed by atoms with Crippen molar-refractivity contribution < 1.29 is 0 Å². The lowest BCUT2D eigenvalue weighted by Crippen LogP contribution is -2.19. The Morgan fingerprint density at radius 2 is 2.54 bits per heavy atom. The van der Waals surface area contributed by atoms with E-state index >= 15 is 0 Å². The Labute approximate surface area is 88.1 Å². The topological polar surface area (TPSA) is 12.0 Å². The predicted molar refractivity (Wildman–Crippen MR) is 58.9 cm³/mol. The fraction of sp³-hybridized carbons (Fsp3) is 0.600. The predicted octanol–water partition coefficient (Wildman–Crippen LogP) is 3.04. The molecule has 3 heteroatoms. The second kappa shape index (κ2) is 3.99. The van der Waals surface area contributed by atoms with Crippen LogP contribution in [0.25, 0.3) is 0 Å².